The Balaban J connectivity index is 2.28. The minimum absolute atomic E-state index is 0.0431. The minimum Gasteiger partial charge on any atom is -0.394 e. The van der Waals surface area contributed by atoms with Gasteiger partial charge in [0.25, 0.3) is 0 Å². The van der Waals surface area contributed by atoms with Gasteiger partial charge in [0.05, 0.1) is 19.8 Å². The quantitative estimate of drug-likeness (QED) is 0.574. The maximum Gasteiger partial charge on any atom is 0.234 e. The van der Waals surface area contributed by atoms with Gasteiger partial charge < -0.3 is 20.5 Å². The summed E-state index contributed by atoms with van der Waals surface area (Å²) in [6, 6.07) is 0. The Bertz CT molecular complexity index is 251. The lowest BCUT2D eigenvalue weighted by Crippen LogP contribution is -2.53. The Kier molecular flexibility index (Phi) is 6.60. The van der Waals surface area contributed by atoms with Crippen LogP contribution >= 0.6 is 0 Å². The molecule has 0 radical (unpaired) electrons. The summed E-state index contributed by atoms with van der Waals surface area (Å²) in [5, 5.41) is 15.5. The van der Waals surface area contributed by atoms with Gasteiger partial charge in [0.2, 0.25) is 5.91 Å². The smallest absolute Gasteiger partial charge is 0.234 e. The normalized spacial score (nSPS) is 28.1. The Hall–Kier alpha value is -0.650. The van der Waals surface area contributed by atoms with Crippen LogP contribution in [0.2, 0.25) is 0 Å². The van der Waals surface area contributed by atoms with Crippen molar-refractivity contribution in [2.24, 2.45) is 5.92 Å². The number of nitrogens with one attached hydrogen (secondary N) is 2. The van der Waals surface area contributed by atoms with Gasteiger partial charge in [-0.05, 0) is 31.6 Å². The molecule has 1 rings (SSSR count). The predicted molar refractivity (Wildman–Crippen MR) is 70.3 cm³/mol. The summed E-state index contributed by atoms with van der Waals surface area (Å²) in [7, 11) is 1.61. The molecule has 18 heavy (non-hydrogen) atoms. The molecule has 0 unspecified atom stereocenters. The molecule has 1 aliphatic rings. The third-order valence-electron chi connectivity index (χ3n) is 3.79. The summed E-state index contributed by atoms with van der Waals surface area (Å²) in [5.74, 6) is 0.681. The van der Waals surface area contributed by atoms with Gasteiger partial charge in [0.15, 0.2) is 0 Å². The predicted octanol–water partition coefficient (Wildman–Crippen LogP) is 0.280. The molecule has 5 heteroatoms. The number of aliphatic hydroxyl groups is 1. The largest absolute Gasteiger partial charge is 0.394 e. The molecule has 0 bridgehead atoms. The van der Waals surface area contributed by atoms with E-state index in [-0.39, 0.29) is 24.6 Å². The number of carbonyl (C=O) groups is 1. The zero-order valence-electron chi connectivity index (χ0n) is 11.5. The average molecular weight is 258 g/mol. The number of hydrogen-bond acceptors (Lipinski definition) is 4. The van der Waals surface area contributed by atoms with E-state index in [1.165, 1.54) is 0 Å². The second kappa shape index (κ2) is 7.71. The zero-order chi connectivity index (χ0) is 13.4. The van der Waals surface area contributed by atoms with Crippen molar-refractivity contribution in [2.45, 2.75) is 38.1 Å². The third kappa shape index (κ3) is 4.92. The lowest BCUT2D eigenvalue weighted by atomic mass is 9.77. The fourth-order valence-corrected chi connectivity index (χ4v) is 2.33. The zero-order valence-corrected chi connectivity index (χ0v) is 11.5. The summed E-state index contributed by atoms with van der Waals surface area (Å²) in [4.78, 5) is 11.6. The summed E-state index contributed by atoms with van der Waals surface area (Å²) in [5.41, 5.74) is -0.259. The van der Waals surface area contributed by atoms with Crippen LogP contribution in [0.15, 0.2) is 0 Å². The van der Waals surface area contributed by atoms with E-state index in [0.29, 0.717) is 13.2 Å². The molecule has 1 aliphatic carbocycles. The standard InChI is InChI=1S/C13H26N2O3/c1-11-3-5-13(10-16,6-4-11)15-9-12(17)14-7-8-18-2/h11,15-16H,3-10H2,1-2H3,(H,14,17). The monoisotopic (exact) mass is 258 g/mol. The Labute approximate surface area is 109 Å². The van der Waals surface area contributed by atoms with Gasteiger partial charge in [0.1, 0.15) is 0 Å². The number of ether oxygens (including phenoxy) is 1. The van der Waals surface area contributed by atoms with E-state index >= 15 is 0 Å². The second-order valence-electron chi connectivity index (χ2n) is 5.32. The molecule has 0 aromatic rings. The summed E-state index contributed by atoms with van der Waals surface area (Å²) in [6.45, 7) is 3.65. The van der Waals surface area contributed by atoms with E-state index in [2.05, 4.69) is 17.6 Å². The first-order chi connectivity index (χ1) is 8.62. The number of carbonyl (C=O) groups excluding carboxylic acids is 1. The SMILES string of the molecule is COCCNC(=O)CNC1(CO)CCC(C)CC1. The van der Waals surface area contributed by atoms with Gasteiger partial charge in [-0.2, -0.15) is 0 Å². The van der Waals surface area contributed by atoms with E-state index < -0.39 is 0 Å². The topological polar surface area (TPSA) is 70.6 Å². The average Bonchev–Trinajstić information content (AvgIpc) is 2.39. The second-order valence-corrected chi connectivity index (χ2v) is 5.32. The van der Waals surface area contributed by atoms with E-state index in [4.69, 9.17) is 4.74 Å². The number of aliphatic hydroxyl groups excluding tert-OH is 1. The van der Waals surface area contributed by atoms with Crippen LogP contribution in [0.1, 0.15) is 32.6 Å². The van der Waals surface area contributed by atoms with Crippen molar-refractivity contribution in [3.63, 3.8) is 0 Å². The molecule has 106 valence electrons. The van der Waals surface area contributed by atoms with Crippen LogP contribution < -0.4 is 10.6 Å². The van der Waals surface area contributed by atoms with Crippen LogP contribution in [-0.2, 0) is 9.53 Å². The van der Waals surface area contributed by atoms with Gasteiger partial charge in [0, 0.05) is 19.2 Å². The molecule has 5 nitrogen and oxygen atoms in total. The molecule has 1 saturated carbocycles. The molecular formula is C13H26N2O3. The fourth-order valence-electron chi connectivity index (χ4n) is 2.33. The molecule has 0 aliphatic heterocycles. The first kappa shape index (κ1) is 15.4. The van der Waals surface area contributed by atoms with E-state index in [1.807, 2.05) is 0 Å². The molecule has 0 aromatic heterocycles. The van der Waals surface area contributed by atoms with Crippen molar-refractivity contribution in [3.8, 4) is 0 Å². The van der Waals surface area contributed by atoms with Gasteiger partial charge in [-0.3, -0.25) is 4.79 Å². The van der Waals surface area contributed by atoms with Crippen LogP contribution in [0.25, 0.3) is 0 Å². The maximum atomic E-state index is 11.6. The molecule has 0 atom stereocenters. The molecule has 0 heterocycles. The summed E-state index contributed by atoms with van der Waals surface area (Å²) >= 11 is 0. The highest BCUT2D eigenvalue weighted by Gasteiger charge is 2.33. The molecule has 0 aromatic carbocycles. The van der Waals surface area contributed by atoms with Gasteiger partial charge in [-0.1, -0.05) is 6.92 Å². The van der Waals surface area contributed by atoms with Crippen LogP contribution in [0.3, 0.4) is 0 Å². The van der Waals surface area contributed by atoms with Gasteiger partial charge >= 0.3 is 0 Å². The number of methoxy groups -OCH3 is 1. The Morgan fingerprint density at radius 1 is 1.44 bits per heavy atom. The van der Waals surface area contributed by atoms with Gasteiger partial charge in [-0.15, -0.1) is 0 Å². The highest BCUT2D eigenvalue weighted by molar-refractivity contribution is 5.78. The minimum atomic E-state index is -0.259. The van der Waals surface area contributed by atoms with Crippen LogP contribution in [0, 0.1) is 5.92 Å². The Morgan fingerprint density at radius 3 is 2.67 bits per heavy atom. The molecule has 1 fully saturated rings. The highest BCUT2D eigenvalue weighted by Crippen LogP contribution is 2.31. The summed E-state index contributed by atoms with van der Waals surface area (Å²) in [6.07, 6.45) is 4.10. The molecule has 3 N–H and O–H groups in total. The van der Waals surface area contributed by atoms with E-state index in [1.54, 1.807) is 7.11 Å². The van der Waals surface area contributed by atoms with Crippen molar-refractivity contribution in [1.29, 1.82) is 0 Å². The Morgan fingerprint density at radius 2 is 2.11 bits per heavy atom. The van der Waals surface area contributed by atoms with Crippen LogP contribution in [0.4, 0.5) is 0 Å². The number of hydrogen-bond donors (Lipinski definition) is 3. The van der Waals surface area contributed by atoms with Crippen molar-refractivity contribution in [1.82, 2.24) is 10.6 Å². The highest BCUT2D eigenvalue weighted by atomic mass is 16.5. The molecular weight excluding hydrogens is 232 g/mol. The van der Waals surface area contributed by atoms with Crippen LogP contribution in [0.5, 0.6) is 0 Å². The first-order valence-electron chi connectivity index (χ1n) is 6.73. The third-order valence-corrected chi connectivity index (χ3v) is 3.79. The molecule has 1 amide bonds. The van der Waals surface area contributed by atoms with Gasteiger partial charge in [-0.25, -0.2) is 0 Å². The lowest BCUT2D eigenvalue weighted by Gasteiger charge is -2.38. The van der Waals surface area contributed by atoms with E-state index in [0.717, 1.165) is 31.6 Å². The summed E-state index contributed by atoms with van der Waals surface area (Å²) < 4.78 is 4.86. The van der Waals surface area contributed by atoms with Crippen molar-refractivity contribution in [2.75, 3.05) is 33.4 Å². The van der Waals surface area contributed by atoms with Crippen molar-refractivity contribution in [3.05, 3.63) is 0 Å². The number of amides is 1. The lowest BCUT2D eigenvalue weighted by molar-refractivity contribution is -0.121. The first-order valence-corrected chi connectivity index (χ1v) is 6.73. The van der Waals surface area contributed by atoms with Crippen molar-refractivity contribution >= 4 is 5.91 Å². The fraction of sp³-hybridized carbons (Fsp3) is 0.923. The molecule has 0 spiro atoms. The van der Waals surface area contributed by atoms with Crippen LogP contribution in [-0.4, -0.2) is 50.0 Å². The number of rotatable bonds is 7. The van der Waals surface area contributed by atoms with Crippen molar-refractivity contribution < 1.29 is 14.6 Å². The molecule has 0 saturated heterocycles. The maximum absolute atomic E-state index is 11.6. The van der Waals surface area contributed by atoms with E-state index in [9.17, 15) is 9.90 Å².